The third-order valence-corrected chi connectivity index (χ3v) is 2.61. The highest BCUT2D eigenvalue weighted by Crippen LogP contribution is 1.96. The first-order valence-corrected chi connectivity index (χ1v) is 6.74. The topological polar surface area (TPSA) is 79.5 Å². The minimum absolute atomic E-state index is 0.0784. The summed E-state index contributed by atoms with van der Waals surface area (Å²) in [5, 5.41) is 8.40. The van der Waals surface area contributed by atoms with Crippen molar-refractivity contribution in [3.05, 3.63) is 0 Å². The van der Waals surface area contributed by atoms with Gasteiger partial charge in [0.05, 0.1) is 19.2 Å². The van der Waals surface area contributed by atoms with E-state index in [1.165, 1.54) is 0 Å². The van der Waals surface area contributed by atoms with Crippen LogP contribution in [0.3, 0.4) is 0 Å². The van der Waals surface area contributed by atoms with Crippen molar-refractivity contribution >= 4 is 11.8 Å². The molecular weight excluding hydrogens is 246 g/mol. The minimum atomic E-state index is -0.375. The van der Waals surface area contributed by atoms with Gasteiger partial charge < -0.3 is 15.4 Å². The fourth-order valence-electron chi connectivity index (χ4n) is 1.33. The van der Waals surface area contributed by atoms with Gasteiger partial charge in [-0.15, -0.1) is 0 Å². The lowest BCUT2D eigenvalue weighted by Crippen LogP contribution is -2.46. The summed E-state index contributed by atoms with van der Waals surface area (Å²) in [5.41, 5.74) is 0. The zero-order valence-electron chi connectivity index (χ0n) is 12.4. The van der Waals surface area contributed by atoms with Crippen molar-refractivity contribution in [3.8, 4) is 0 Å². The maximum absolute atomic E-state index is 11.7. The summed E-state index contributed by atoms with van der Waals surface area (Å²) in [4.78, 5) is 23.1. The molecule has 0 saturated heterocycles. The molecule has 0 radical (unpaired) electrons. The van der Waals surface area contributed by atoms with Gasteiger partial charge in [-0.1, -0.05) is 13.8 Å². The lowest BCUT2D eigenvalue weighted by Gasteiger charge is -2.14. The summed E-state index contributed by atoms with van der Waals surface area (Å²) in [7, 11) is 1.58. The maximum Gasteiger partial charge on any atom is 0.236 e. The molecule has 19 heavy (non-hydrogen) atoms. The second kappa shape index (κ2) is 10.8. The van der Waals surface area contributed by atoms with E-state index >= 15 is 0 Å². The Bertz CT molecular complexity index is 270. The number of nitrogens with one attached hydrogen (secondary N) is 3. The van der Waals surface area contributed by atoms with Crippen molar-refractivity contribution in [2.75, 3.05) is 33.4 Å². The lowest BCUT2D eigenvalue weighted by molar-refractivity contribution is -0.123. The molecule has 6 nitrogen and oxygen atoms in total. The van der Waals surface area contributed by atoms with E-state index in [-0.39, 0.29) is 24.4 Å². The Morgan fingerprint density at radius 2 is 1.79 bits per heavy atom. The first kappa shape index (κ1) is 17.9. The summed E-state index contributed by atoms with van der Waals surface area (Å²) in [6, 6.07) is -0.375. The molecule has 0 bridgehead atoms. The summed E-state index contributed by atoms with van der Waals surface area (Å²) in [6.45, 7) is 7.72. The van der Waals surface area contributed by atoms with Crippen LogP contribution in [0.2, 0.25) is 0 Å². The monoisotopic (exact) mass is 273 g/mol. The molecule has 0 aromatic carbocycles. The van der Waals surface area contributed by atoms with E-state index in [2.05, 4.69) is 29.8 Å². The molecule has 0 spiro atoms. The van der Waals surface area contributed by atoms with Crippen LogP contribution >= 0.6 is 0 Å². The average molecular weight is 273 g/mol. The van der Waals surface area contributed by atoms with Gasteiger partial charge in [-0.3, -0.25) is 14.9 Å². The number of hydrogen-bond donors (Lipinski definition) is 3. The van der Waals surface area contributed by atoms with Gasteiger partial charge in [-0.25, -0.2) is 0 Å². The van der Waals surface area contributed by atoms with Crippen LogP contribution in [0.15, 0.2) is 0 Å². The zero-order chi connectivity index (χ0) is 14.7. The fourth-order valence-corrected chi connectivity index (χ4v) is 1.33. The number of ether oxygens (including phenoxy) is 1. The predicted molar refractivity (Wildman–Crippen MR) is 74.8 cm³/mol. The third kappa shape index (κ3) is 10.5. The van der Waals surface area contributed by atoms with Crippen molar-refractivity contribution in [3.63, 3.8) is 0 Å². The molecule has 2 amide bonds. The van der Waals surface area contributed by atoms with Gasteiger partial charge >= 0.3 is 0 Å². The summed E-state index contributed by atoms with van der Waals surface area (Å²) >= 11 is 0. The Morgan fingerprint density at radius 3 is 2.37 bits per heavy atom. The molecule has 112 valence electrons. The van der Waals surface area contributed by atoms with E-state index in [4.69, 9.17) is 4.74 Å². The lowest BCUT2D eigenvalue weighted by atomic mass is 10.1. The van der Waals surface area contributed by atoms with Gasteiger partial charge in [0.1, 0.15) is 0 Å². The highest BCUT2D eigenvalue weighted by molar-refractivity contribution is 5.83. The van der Waals surface area contributed by atoms with Gasteiger partial charge in [0.2, 0.25) is 11.8 Å². The van der Waals surface area contributed by atoms with Gasteiger partial charge in [-0.2, -0.15) is 0 Å². The van der Waals surface area contributed by atoms with Crippen LogP contribution < -0.4 is 16.0 Å². The van der Waals surface area contributed by atoms with Gasteiger partial charge in [0, 0.05) is 20.2 Å². The molecule has 3 N–H and O–H groups in total. The Balaban J connectivity index is 3.68. The molecular formula is C13H27N3O3. The number of carbonyl (C=O) groups excluding carboxylic acids is 2. The number of hydrogen-bond acceptors (Lipinski definition) is 4. The van der Waals surface area contributed by atoms with Crippen molar-refractivity contribution in [2.45, 2.75) is 33.2 Å². The Hall–Kier alpha value is -1.14. The fraction of sp³-hybridized carbons (Fsp3) is 0.846. The number of methoxy groups -OCH3 is 1. The molecule has 0 aliphatic carbocycles. The first-order valence-electron chi connectivity index (χ1n) is 6.74. The largest absolute Gasteiger partial charge is 0.383 e. The Morgan fingerprint density at radius 1 is 1.11 bits per heavy atom. The van der Waals surface area contributed by atoms with Crippen molar-refractivity contribution in [1.82, 2.24) is 16.0 Å². The quantitative estimate of drug-likeness (QED) is 0.485. The van der Waals surface area contributed by atoms with E-state index in [0.717, 1.165) is 6.42 Å². The molecule has 0 fully saturated rings. The van der Waals surface area contributed by atoms with E-state index in [1.54, 1.807) is 14.0 Å². The normalized spacial score (nSPS) is 12.3. The van der Waals surface area contributed by atoms with Gasteiger partial charge in [0.15, 0.2) is 0 Å². The molecule has 0 aliphatic heterocycles. The summed E-state index contributed by atoms with van der Waals surface area (Å²) in [5.74, 6) is 0.347. The highest BCUT2D eigenvalue weighted by atomic mass is 16.5. The molecule has 0 aromatic rings. The van der Waals surface area contributed by atoms with Crippen LogP contribution in [0.25, 0.3) is 0 Å². The Kier molecular flexibility index (Phi) is 10.1. The van der Waals surface area contributed by atoms with Crippen molar-refractivity contribution < 1.29 is 14.3 Å². The zero-order valence-corrected chi connectivity index (χ0v) is 12.4. The molecule has 0 heterocycles. The highest BCUT2D eigenvalue weighted by Gasteiger charge is 2.12. The van der Waals surface area contributed by atoms with Crippen LogP contribution in [0, 0.1) is 5.92 Å². The van der Waals surface area contributed by atoms with Crippen LogP contribution in [0.5, 0.6) is 0 Å². The van der Waals surface area contributed by atoms with Gasteiger partial charge in [-0.05, 0) is 19.3 Å². The van der Waals surface area contributed by atoms with Crippen LogP contribution in [-0.4, -0.2) is 51.2 Å². The van der Waals surface area contributed by atoms with E-state index < -0.39 is 0 Å². The molecule has 0 aliphatic rings. The second-order valence-corrected chi connectivity index (χ2v) is 4.92. The van der Waals surface area contributed by atoms with Crippen LogP contribution in [0.4, 0.5) is 0 Å². The van der Waals surface area contributed by atoms with Crippen LogP contribution in [0.1, 0.15) is 27.2 Å². The molecule has 1 atom stereocenters. The molecule has 0 rings (SSSR count). The average Bonchev–Trinajstić information content (AvgIpc) is 2.35. The minimum Gasteiger partial charge on any atom is -0.383 e. The predicted octanol–water partition coefficient (Wildman–Crippen LogP) is -0.111. The Labute approximate surface area is 115 Å². The van der Waals surface area contributed by atoms with E-state index in [1.807, 2.05) is 0 Å². The SMILES string of the molecule is COCCNC(=O)CNC(C)C(=O)NCCC(C)C. The summed E-state index contributed by atoms with van der Waals surface area (Å²) in [6.07, 6.45) is 0.954. The third-order valence-electron chi connectivity index (χ3n) is 2.61. The molecule has 1 unspecified atom stereocenters. The van der Waals surface area contributed by atoms with E-state index in [0.29, 0.717) is 25.6 Å². The molecule has 6 heteroatoms. The van der Waals surface area contributed by atoms with Crippen molar-refractivity contribution in [2.24, 2.45) is 5.92 Å². The maximum atomic E-state index is 11.7. The molecule has 0 aromatic heterocycles. The second-order valence-electron chi connectivity index (χ2n) is 4.92. The van der Waals surface area contributed by atoms with Crippen LogP contribution in [-0.2, 0) is 14.3 Å². The standard InChI is InChI=1S/C13H27N3O3/c1-10(2)5-6-15-13(18)11(3)16-9-12(17)14-7-8-19-4/h10-11,16H,5-9H2,1-4H3,(H,14,17)(H,15,18). The van der Waals surface area contributed by atoms with Gasteiger partial charge in [0.25, 0.3) is 0 Å². The first-order chi connectivity index (χ1) is 8.97. The number of carbonyl (C=O) groups is 2. The smallest absolute Gasteiger partial charge is 0.236 e. The van der Waals surface area contributed by atoms with E-state index in [9.17, 15) is 9.59 Å². The number of amides is 2. The molecule has 0 saturated carbocycles. The number of rotatable bonds is 10. The van der Waals surface area contributed by atoms with Crippen molar-refractivity contribution in [1.29, 1.82) is 0 Å². The summed E-state index contributed by atoms with van der Waals surface area (Å²) < 4.78 is 4.82.